The Morgan fingerprint density at radius 1 is 1.07 bits per heavy atom. The van der Waals surface area contributed by atoms with E-state index in [2.05, 4.69) is 5.32 Å². The van der Waals surface area contributed by atoms with E-state index < -0.39 is 23.4 Å². The third-order valence-corrected chi connectivity index (χ3v) is 3.79. The lowest BCUT2D eigenvalue weighted by atomic mass is 10.1. The number of rotatable bonds is 6. The molecule has 9 nitrogen and oxygen atoms in total. The van der Waals surface area contributed by atoms with Gasteiger partial charge in [0.25, 0.3) is 17.5 Å². The Morgan fingerprint density at radius 2 is 1.68 bits per heavy atom. The zero-order chi connectivity index (χ0) is 20.8. The van der Waals surface area contributed by atoms with Gasteiger partial charge in [-0.25, -0.2) is 4.79 Å². The summed E-state index contributed by atoms with van der Waals surface area (Å²) in [5.41, 5.74) is 1.25. The van der Waals surface area contributed by atoms with Crippen LogP contribution in [-0.4, -0.2) is 48.3 Å². The van der Waals surface area contributed by atoms with Gasteiger partial charge in [-0.15, -0.1) is 0 Å². The number of esters is 1. The van der Waals surface area contributed by atoms with E-state index in [9.17, 15) is 24.5 Å². The fraction of sp³-hybridized carbons (Fsp3) is 0.211. The molecule has 2 rings (SSSR count). The molecule has 9 heteroatoms. The molecule has 2 aromatic carbocycles. The number of carbonyl (C=O) groups is 3. The normalized spacial score (nSPS) is 10.1. The fourth-order valence-electron chi connectivity index (χ4n) is 2.35. The number of carbonyl (C=O) groups excluding carboxylic acids is 3. The predicted octanol–water partition coefficient (Wildman–Crippen LogP) is 2.40. The number of nitro groups is 1. The van der Waals surface area contributed by atoms with Gasteiger partial charge in [0.1, 0.15) is 0 Å². The lowest BCUT2D eigenvalue weighted by Gasteiger charge is -2.11. The van der Waals surface area contributed by atoms with Crippen LogP contribution in [0.5, 0.6) is 0 Å². The van der Waals surface area contributed by atoms with Crippen LogP contribution in [0.1, 0.15) is 26.3 Å². The number of nitrogens with one attached hydrogen (secondary N) is 1. The molecule has 0 aromatic heterocycles. The largest absolute Gasteiger partial charge is 0.452 e. The Kier molecular flexibility index (Phi) is 6.43. The van der Waals surface area contributed by atoms with Crippen molar-refractivity contribution in [1.29, 1.82) is 0 Å². The highest BCUT2D eigenvalue weighted by molar-refractivity contribution is 5.97. The molecule has 0 heterocycles. The summed E-state index contributed by atoms with van der Waals surface area (Å²) >= 11 is 0. The van der Waals surface area contributed by atoms with Gasteiger partial charge in [0, 0.05) is 37.0 Å². The van der Waals surface area contributed by atoms with E-state index >= 15 is 0 Å². The van der Waals surface area contributed by atoms with Crippen molar-refractivity contribution in [3.05, 3.63) is 69.3 Å². The lowest BCUT2D eigenvalue weighted by Crippen LogP contribution is -2.22. The second-order valence-corrected chi connectivity index (χ2v) is 6.16. The van der Waals surface area contributed by atoms with Crippen molar-refractivity contribution < 1.29 is 24.0 Å². The van der Waals surface area contributed by atoms with E-state index in [-0.39, 0.29) is 17.2 Å². The molecule has 0 radical (unpaired) electrons. The molecule has 28 heavy (non-hydrogen) atoms. The Bertz CT molecular complexity index is 922. The molecular weight excluding hydrogens is 366 g/mol. The molecule has 2 amide bonds. The molecule has 0 aliphatic rings. The second kappa shape index (κ2) is 8.76. The Labute approximate surface area is 161 Å². The Hall–Kier alpha value is -3.75. The Balaban J connectivity index is 1.91. The topological polar surface area (TPSA) is 119 Å². The molecule has 0 fully saturated rings. The molecule has 2 aromatic rings. The lowest BCUT2D eigenvalue weighted by molar-refractivity contribution is -0.385. The van der Waals surface area contributed by atoms with E-state index in [0.717, 1.165) is 0 Å². The average Bonchev–Trinajstić information content (AvgIpc) is 2.65. The van der Waals surface area contributed by atoms with E-state index in [0.29, 0.717) is 16.8 Å². The van der Waals surface area contributed by atoms with Crippen molar-refractivity contribution in [1.82, 2.24) is 4.90 Å². The number of aryl methyl sites for hydroxylation is 1. The minimum atomic E-state index is -0.764. The van der Waals surface area contributed by atoms with Gasteiger partial charge in [0.2, 0.25) is 0 Å². The minimum absolute atomic E-state index is 0.106. The molecule has 0 spiro atoms. The summed E-state index contributed by atoms with van der Waals surface area (Å²) in [4.78, 5) is 47.4. The standard InChI is InChI=1S/C19H19N3O6/c1-12-10-14(6-9-16(12)22(26)27)19(25)28-11-17(23)20-15-7-4-13(5-8-15)18(24)21(2)3/h4-10H,11H2,1-3H3,(H,20,23). The number of ether oxygens (including phenoxy) is 1. The van der Waals surface area contributed by atoms with Crippen LogP contribution in [0, 0.1) is 17.0 Å². The number of hydrogen-bond donors (Lipinski definition) is 1. The van der Waals surface area contributed by atoms with Crippen LogP contribution in [0.15, 0.2) is 42.5 Å². The summed E-state index contributed by atoms with van der Waals surface area (Å²) in [5, 5.41) is 13.3. The second-order valence-electron chi connectivity index (χ2n) is 6.16. The fourth-order valence-corrected chi connectivity index (χ4v) is 2.35. The molecule has 0 unspecified atom stereocenters. The first kappa shape index (κ1) is 20.6. The van der Waals surface area contributed by atoms with E-state index in [4.69, 9.17) is 4.74 Å². The van der Waals surface area contributed by atoms with Crippen molar-refractivity contribution in [3.63, 3.8) is 0 Å². The quantitative estimate of drug-likeness (QED) is 0.463. The molecule has 0 saturated heterocycles. The van der Waals surface area contributed by atoms with Crippen molar-refractivity contribution in [3.8, 4) is 0 Å². The first-order valence-corrected chi connectivity index (χ1v) is 8.22. The number of hydrogen-bond acceptors (Lipinski definition) is 6. The Morgan fingerprint density at radius 3 is 2.21 bits per heavy atom. The van der Waals surface area contributed by atoms with Crippen LogP contribution in [0.25, 0.3) is 0 Å². The van der Waals surface area contributed by atoms with Gasteiger partial charge in [0.15, 0.2) is 6.61 Å². The van der Waals surface area contributed by atoms with Gasteiger partial charge >= 0.3 is 5.97 Å². The highest BCUT2D eigenvalue weighted by Gasteiger charge is 2.16. The van der Waals surface area contributed by atoms with E-state index in [1.165, 1.54) is 30.0 Å². The molecule has 146 valence electrons. The molecule has 0 aliphatic carbocycles. The maximum Gasteiger partial charge on any atom is 0.338 e. The van der Waals surface area contributed by atoms with Gasteiger partial charge in [-0.05, 0) is 43.3 Å². The summed E-state index contributed by atoms with van der Waals surface area (Å²) in [7, 11) is 3.28. The smallest absolute Gasteiger partial charge is 0.338 e. The third kappa shape index (κ3) is 5.13. The van der Waals surface area contributed by atoms with Crippen LogP contribution in [0.2, 0.25) is 0 Å². The van der Waals surface area contributed by atoms with Gasteiger partial charge in [-0.3, -0.25) is 19.7 Å². The molecule has 0 aliphatic heterocycles. The van der Waals surface area contributed by atoms with Crippen LogP contribution in [-0.2, 0) is 9.53 Å². The predicted molar refractivity (Wildman–Crippen MR) is 101 cm³/mol. The van der Waals surface area contributed by atoms with Gasteiger partial charge in [-0.1, -0.05) is 0 Å². The highest BCUT2D eigenvalue weighted by Crippen LogP contribution is 2.19. The van der Waals surface area contributed by atoms with E-state index in [1.807, 2.05) is 0 Å². The highest BCUT2D eigenvalue weighted by atomic mass is 16.6. The van der Waals surface area contributed by atoms with Crippen LogP contribution < -0.4 is 5.32 Å². The minimum Gasteiger partial charge on any atom is -0.452 e. The molecule has 0 atom stereocenters. The average molecular weight is 385 g/mol. The molecule has 1 N–H and O–H groups in total. The summed E-state index contributed by atoms with van der Waals surface area (Å²) in [5.74, 6) is -1.48. The first-order chi connectivity index (χ1) is 13.2. The summed E-state index contributed by atoms with van der Waals surface area (Å²) in [6.45, 7) is 0.986. The van der Waals surface area contributed by atoms with Crippen LogP contribution in [0.3, 0.4) is 0 Å². The van der Waals surface area contributed by atoms with Crippen molar-refractivity contribution in [2.45, 2.75) is 6.92 Å². The zero-order valence-electron chi connectivity index (χ0n) is 15.6. The summed E-state index contributed by atoms with van der Waals surface area (Å²) < 4.78 is 4.93. The number of nitrogens with zero attached hydrogens (tertiary/aromatic N) is 2. The zero-order valence-corrected chi connectivity index (χ0v) is 15.6. The maximum atomic E-state index is 12.0. The van der Waals surface area contributed by atoms with Crippen LogP contribution in [0.4, 0.5) is 11.4 Å². The first-order valence-electron chi connectivity index (χ1n) is 8.22. The van der Waals surface area contributed by atoms with E-state index in [1.54, 1.807) is 38.4 Å². The number of nitro benzene ring substituents is 1. The SMILES string of the molecule is Cc1cc(C(=O)OCC(=O)Nc2ccc(C(=O)N(C)C)cc2)ccc1[N+](=O)[O-]. The van der Waals surface area contributed by atoms with Gasteiger partial charge in [0.05, 0.1) is 10.5 Å². The molecular formula is C19H19N3O6. The number of anilines is 1. The number of amides is 2. The van der Waals surface area contributed by atoms with Crippen molar-refractivity contribution >= 4 is 29.2 Å². The molecule has 0 saturated carbocycles. The number of benzene rings is 2. The van der Waals surface area contributed by atoms with Gasteiger partial charge < -0.3 is 15.0 Å². The molecule has 0 bridgehead atoms. The van der Waals surface area contributed by atoms with Crippen LogP contribution >= 0.6 is 0 Å². The van der Waals surface area contributed by atoms with Crippen molar-refractivity contribution in [2.24, 2.45) is 0 Å². The third-order valence-electron chi connectivity index (χ3n) is 3.79. The van der Waals surface area contributed by atoms with Gasteiger partial charge in [-0.2, -0.15) is 0 Å². The monoisotopic (exact) mass is 385 g/mol. The van der Waals surface area contributed by atoms with Crippen molar-refractivity contribution in [2.75, 3.05) is 26.0 Å². The summed E-state index contributed by atoms with van der Waals surface area (Å²) in [6, 6.07) is 10.1. The summed E-state index contributed by atoms with van der Waals surface area (Å²) in [6.07, 6.45) is 0. The maximum absolute atomic E-state index is 12.0.